The van der Waals surface area contributed by atoms with Gasteiger partial charge in [-0.25, -0.2) is 0 Å². The molecule has 0 radical (unpaired) electrons. The molecule has 1 N–H and O–H groups in total. The zero-order valence-corrected chi connectivity index (χ0v) is 13.3. The summed E-state index contributed by atoms with van der Waals surface area (Å²) in [4.78, 5) is 18.6. The van der Waals surface area contributed by atoms with Crippen molar-refractivity contribution >= 4 is 11.6 Å². The van der Waals surface area contributed by atoms with E-state index in [-0.39, 0.29) is 11.9 Å². The minimum atomic E-state index is -0.0463. The lowest BCUT2D eigenvalue weighted by molar-refractivity contribution is 0.0480. The van der Waals surface area contributed by atoms with Crippen molar-refractivity contribution in [2.75, 3.05) is 45.8 Å². The Balaban J connectivity index is 2.98. The van der Waals surface area contributed by atoms with E-state index < -0.39 is 0 Å². The van der Waals surface area contributed by atoms with Crippen LogP contribution in [0, 0.1) is 0 Å². The Morgan fingerprint density at radius 2 is 2.19 bits per heavy atom. The normalized spacial score (nSPS) is 12.0. The van der Waals surface area contributed by atoms with Crippen LogP contribution in [0.2, 0.25) is 0 Å². The maximum Gasteiger partial charge on any atom is 0.256 e. The molecule has 1 rings (SSSR count). The van der Waals surface area contributed by atoms with Crippen molar-refractivity contribution in [2.45, 2.75) is 19.9 Å². The summed E-state index contributed by atoms with van der Waals surface area (Å²) in [6, 6.07) is 1.71. The summed E-state index contributed by atoms with van der Waals surface area (Å²) in [6.45, 7) is 6.17. The molecule has 0 aliphatic carbocycles. The highest BCUT2D eigenvalue weighted by Crippen LogP contribution is 2.17. The number of rotatable bonds is 9. The third-order valence-electron chi connectivity index (χ3n) is 3.16. The fraction of sp³-hybridized carbons (Fsp3) is 0.600. The lowest BCUT2D eigenvalue weighted by Crippen LogP contribution is -2.43. The van der Waals surface area contributed by atoms with E-state index in [1.54, 1.807) is 37.6 Å². The zero-order valence-electron chi connectivity index (χ0n) is 13.3. The molecule has 1 atom stereocenters. The predicted molar refractivity (Wildman–Crippen MR) is 82.7 cm³/mol. The summed E-state index contributed by atoms with van der Waals surface area (Å²) in [5.41, 5.74) is 1.36. The van der Waals surface area contributed by atoms with Crippen LogP contribution < -0.4 is 5.32 Å². The molecule has 0 fully saturated rings. The highest BCUT2D eigenvalue weighted by molar-refractivity contribution is 5.99. The fourth-order valence-corrected chi connectivity index (χ4v) is 2.11. The average Bonchev–Trinajstić information content (AvgIpc) is 2.48. The zero-order chi connectivity index (χ0) is 15.7. The van der Waals surface area contributed by atoms with Gasteiger partial charge in [0.2, 0.25) is 0 Å². The second-order valence-electron chi connectivity index (χ2n) is 4.75. The molecule has 0 aromatic carbocycles. The quantitative estimate of drug-likeness (QED) is 0.750. The number of hydrogen-bond acceptors (Lipinski definition) is 5. The lowest BCUT2D eigenvalue weighted by atomic mass is 10.1. The molecule has 1 aromatic rings. The number of carbonyl (C=O) groups is 1. The molecule has 1 heterocycles. The van der Waals surface area contributed by atoms with Crippen LogP contribution >= 0.6 is 0 Å². The molecule has 0 bridgehead atoms. The molecule has 6 heteroatoms. The third kappa shape index (κ3) is 4.99. The standard InChI is InChI=1S/C15H25N3O3/c1-5-17-14-10-16-7-6-13(14)15(19)18(8-9-20-3)12(2)11-21-4/h6-7,10,12,17H,5,8-9,11H2,1-4H3. The summed E-state index contributed by atoms with van der Waals surface area (Å²) in [5, 5.41) is 3.17. The highest BCUT2D eigenvalue weighted by atomic mass is 16.5. The highest BCUT2D eigenvalue weighted by Gasteiger charge is 2.23. The van der Waals surface area contributed by atoms with Gasteiger partial charge in [-0.3, -0.25) is 9.78 Å². The van der Waals surface area contributed by atoms with Crippen LogP contribution in [-0.2, 0) is 9.47 Å². The largest absolute Gasteiger partial charge is 0.383 e. The number of methoxy groups -OCH3 is 2. The van der Waals surface area contributed by atoms with Crippen molar-refractivity contribution in [1.82, 2.24) is 9.88 Å². The number of hydrogen-bond donors (Lipinski definition) is 1. The average molecular weight is 295 g/mol. The Hall–Kier alpha value is -1.66. The fourth-order valence-electron chi connectivity index (χ4n) is 2.11. The second kappa shape index (κ2) is 9.31. The Bertz CT molecular complexity index is 440. The molecule has 6 nitrogen and oxygen atoms in total. The van der Waals surface area contributed by atoms with Crippen molar-refractivity contribution in [1.29, 1.82) is 0 Å². The van der Waals surface area contributed by atoms with Gasteiger partial charge in [-0.05, 0) is 19.9 Å². The molecule has 0 aliphatic rings. The van der Waals surface area contributed by atoms with Crippen molar-refractivity contribution in [3.8, 4) is 0 Å². The number of nitrogens with one attached hydrogen (secondary N) is 1. The van der Waals surface area contributed by atoms with Gasteiger partial charge in [-0.2, -0.15) is 0 Å². The van der Waals surface area contributed by atoms with Gasteiger partial charge in [-0.1, -0.05) is 0 Å². The van der Waals surface area contributed by atoms with Gasteiger partial charge in [0.05, 0.1) is 36.7 Å². The van der Waals surface area contributed by atoms with Crippen LogP contribution in [0.3, 0.4) is 0 Å². The first-order valence-electron chi connectivity index (χ1n) is 7.12. The van der Waals surface area contributed by atoms with Crippen LogP contribution in [0.4, 0.5) is 5.69 Å². The van der Waals surface area contributed by atoms with Crippen molar-refractivity contribution in [2.24, 2.45) is 0 Å². The Morgan fingerprint density at radius 3 is 2.81 bits per heavy atom. The van der Waals surface area contributed by atoms with Gasteiger partial charge in [0.15, 0.2) is 0 Å². The summed E-state index contributed by atoms with van der Waals surface area (Å²) >= 11 is 0. The third-order valence-corrected chi connectivity index (χ3v) is 3.16. The molecule has 21 heavy (non-hydrogen) atoms. The van der Waals surface area contributed by atoms with E-state index in [0.717, 1.165) is 12.2 Å². The van der Waals surface area contributed by atoms with E-state index in [2.05, 4.69) is 10.3 Å². The van der Waals surface area contributed by atoms with Gasteiger partial charge in [0.1, 0.15) is 0 Å². The number of aromatic nitrogens is 1. The lowest BCUT2D eigenvalue weighted by Gasteiger charge is -2.29. The van der Waals surface area contributed by atoms with Gasteiger partial charge < -0.3 is 19.7 Å². The molecule has 0 spiro atoms. The minimum absolute atomic E-state index is 0.0275. The van der Waals surface area contributed by atoms with Gasteiger partial charge in [-0.15, -0.1) is 0 Å². The topological polar surface area (TPSA) is 63.7 Å². The molecule has 0 saturated heterocycles. The number of nitrogens with zero attached hydrogens (tertiary/aromatic N) is 2. The van der Waals surface area contributed by atoms with E-state index in [1.807, 2.05) is 13.8 Å². The van der Waals surface area contributed by atoms with Crippen LogP contribution in [0.15, 0.2) is 18.5 Å². The summed E-state index contributed by atoms with van der Waals surface area (Å²) in [6.07, 6.45) is 3.30. The van der Waals surface area contributed by atoms with E-state index in [4.69, 9.17) is 9.47 Å². The molecule has 1 aromatic heterocycles. The van der Waals surface area contributed by atoms with E-state index in [9.17, 15) is 4.79 Å². The summed E-state index contributed by atoms with van der Waals surface area (Å²) in [7, 11) is 3.26. The Labute approximate surface area is 126 Å². The van der Waals surface area contributed by atoms with Crippen LogP contribution in [0.25, 0.3) is 0 Å². The van der Waals surface area contributed by atoms with Gasteiger partial charge in [0.25, 0.3) is 5.91 Å². The van der Waals surface area contributed by atoms with Gasteiger partial charge >= 0.3 is 0 Å². The molecular formula is C15H25N3O3. The number of pyridine rings is 1. The molecule has 1 amide bonds. The minimum Gasteiger partial charge on any atom is -0.383 e. The first kappa shape index (κ1) is 17.4. The van der Waals surface area contributed by atoms with Gasteiger partial charge in [0, 0.05) is 33.5 Å². The van der Waals surface area contributed by atoms with E-state index in [1.165, 1.54) is 0 Å². The van der Waals surface area contributed by atoms with Crippen LogP contribution in [0.5, 0.6) is 0 Å². The van der Waals surface area contributed by atoms with Crippen molar-refractivity contribution < 1.29 is 14.3 Å². The monoisotopic (exact) mass is 295 g/mol. The molecule has 0 aliphatic heterocycles. The van der Waals surface area contributed by atoms with Crippen molar-refractivity contribution in [3.05, 3.63) is 24.0 Å². The number of ether oxygens (including phenoxy) is 2. The predicted octanol–water partition coefficient (Wildman–Crippen LogP) is 1.64. The Morgan fingerprint density at radius 1 is 1.43 bits per heavy atom. The number of anilines is 1. The first-order chi connectivity index (χ1) is 10.2. The van der Waals surface area contributed by atoms with E-state index in [0.29, 0.717) is 25.3 Å². The molecule has 118 valence electrons. The molecular weight excluding hydrogens is 270 g/mol. The first-order valence-corrected chi connectivity index (χ1v) is 7.12. The maximum absolute atomic E-state index is 12.8. The summed E-state index contributed by atoms with van der Waals surface area (Å²) < 4.78 is 10.3. The number of amides is 1. The summed E-state index contributed by atoms with van der Waals surface area (Å²) in [5.74, 6) is -0.0463. The number of carbonyl (C=O) groups excluding carboxylic acids is 1. The van der Waals surface area contributed by atoms with Crippen molar-refractivity contribution in [3.63, 3.8) is 0 Å². The van der Waals surface area contributed by atoms with E-state index >= 15 is 0 Å². The molecule has 0 saturated carbocycles. The second-order valence-corrected chi connectivity index (χ2v) is 4.75. The maximum atomic E-state index is 12.8. The van der Waals surface area contributed by atoms with Crippen LogP contribution in [-0.4, -0.2) is 62.4 Å². The Kier molecular flexibility index (Phi) is 7.71. The smallest absolute Gasteiger partial charge is 0.256 e. The SMILES string of the molecule is CCNc1cnccc1C(=O)N(CCOC)C(C)COC. The van der Waals surface area contributed by atoms with Crippen LogP contribution in [0.1, 0.15) is 24.2 Å². The molecule has 1 unspecified atom stereocenters.